The standard InChI is InChI=1S/C16H14Cl2N2O2S/c17-11-6-7-13(18)14(8-11)20-15(21)9-19-16(22)10-23-12-4-2-1-3-5-12/h1-8H,9-10H2,(H,19,22)(H,20,21). The summed E-state index contributed by atoms with van der Waals surface area (Å²) in [7, 11) is 0. The number of benzene rings is 2. The lowest BCUT2D eigenvalue weighted by Gasteiger charge is -2.08. The molecule has 0 aromatic heterocycles. The van der Waals surface area contributed by atoms with Gasteiger partial charge in [-0.15, -0.1) is 11.8 Å². The lowest BCUT2D eigenvalue weighted by Crippen LogP contribution is -2.33. The number of carbonyl (C=O) groups excluding carboxylic acids is 2. The topological polar surface area (TPSA) is 58.2 Å². The Morgan fingerprint density at radius 3 is 2.48 bits per heavy atom. The minimum Gasteiger partial charge on any atom is -0.346 e. The number of carbonyl (C=O) groups is 2. The van der Waals surface area contributed by atoms with Gasteiger partial charge in [0, 0.05) is 9.92 Å². The predicted octanol–water partition coefficient (Wildman–Crippen LogP) is 3.84. The van der Waals surface area contributed by atoms with Gasteiger partial charge in [-0.1, -0.05) is 41.4 Å². The molecule has 0 heterocycles. The van der Waals surface area contributed by atoms with Crippen molar-refractivity contribution in [2.45, 2.75) is 4.90 Å². The average molecular weight is 369 g/mol. The van der Waals surface area contributed by atoms with Crippen LogP contribution in [0.4, 0.5) is 5.69 Å². The first-order chi connectivity index (χ1) is 11.0. The number of rotatable bonds is 6. The number of amides is 2. The van der Waals surface area contributed by atoms with Gasteiger partial charge in [0.25, 0.3) is 0 Å². The first-order valence-electron chi connectivity index (χ1n) is 6.74. The highest BCUT2D eigenvalue weighted by Gasteiger charge is 2.09. The van der Waals surface area contributed by atoms with Crippen LogP contribution in [-0.4, -0.2) is 24.1 Å². The summed E-state index contributed by atoms with van der Waals surface area (Å²) in [6.07, 6.45) is 0. The molecule has 0 radical (unpaired) electrons. The molecule has 0 saturated carbocycles. The van der Waals surface area contributed by atoms with Crippen LogP contribution in [0.1, 0.15) is 0 Å². The third kappa shape index (κ3) is 6.14. The highest BCUT2D eigenvalue weighted by Crippen LogP contribution is 2.25. The highest BCUT2D eigenvalue weighted by atomic mass is 35.5. The zero-order chi connectivity index (χ0) is 16.7. The summed E-state index contributed by atoms with van der Waals surface area (Å²) in [5, 5.41) is 6.01. The van der Waals surface area contributed by atoms with Crippen LogP contribution in [-0.2, 0) is 9.59 Å². The molecule has 0 aliphatic heterocycles. The van der Waals surface area contributed by atoms with Crippen molar-refractivity contribution in [3.63, 3.8) is 0 Å². The molecule has 0 saturated heterocycles. The highest BCUT2D eigenvalue weighted by molar-refractivity contribution is 8.00. The molecule has 2 rings (SSSR count). The van der Waals surface area contributed by atoms with Crippen molar-refractivity contribution in [1.29, 1.82) is 0 Å². The maximum absolute atomic E-state index is 11.8. The summed E-state index contributed by atoms with van der Waals surface area (Å²) in [5.41, 5.74) is 0.414. The van der Waals surface area contributed by atoms with E-state index < -0.39 is 0 Å². The van der Waals surface area contributed by atoms with E-state index in [1.54, 1.807) is 18.2 Å². The summed E-state index contributed by atoms with van der Waals surface area (Å²) in [5.74, 6) is -0.340. The molecule has 0 aliphatic rings. The van der Waals surface area contributed by atoms with Gasteiger partial charge in [-0.3, -0.25) is 9.59 Å². The Balaban J connectivity index is 1.75. The van der Waals surface area contributed by atoms with Gasteiger partial charge >= 0.3 is 0 Å². The Labute approximate surface area is 148 Å². The molecule has 2 aromatic rings. The number of hydrogen-bond donors (Lipinski definition) is 2. The largest absolute Gasteiger partial charge is 0.346 e. The van der Waals surface area contributed by atoms with Gasteiger partial charge in [0.05, 0.1) is 23.0 Å². The minimum atomic E-state index is -0.368. The monoisotopic (exact) mass is 368 g/mol. The molecular formula is C16H14Cl2N2O2S. The Hall–Kier alpha value is -1.69. The van der Waals surface area contributed by atoms with Gasteiger partial charge in [-0.2, -0.15) is 0 Å². The zero-order valence-corrected chi connectivity index (χ0v) is 14.3. The van der Waals surface area contributed by atoms with Crippen LogP contribution in [0.2, 0.25) is 10.0 Å². The molecule has 7 heteroatoms. The van der Waals surface area contributed by atoms with Crippen molar-refractivity contribution in [3.05, 3.63) is 58.6 Å². The molecule has 23 heavy (non-hydrogen) atoms. The van der Waals surface area contributed by atoms with E-state index in [0.717, 1.165) is 4.90 Å². The van der Waals surface area contributed by atoms with Crippen molar-refractivity contribution in [2.75, 3.05) is 17.6 Å². The Bertz CT molecular complexity index is 696. The first kappa shape index (κ1) is 17.7. The number of anilines is 1. The fourth-order valence-electron chi connectivity index (χ4n) is 1.68. The van der Waals surface area contributed by atoms with Crippen LogP contribution in [0, 0.1) is 0 Å². The van der Waals surface area contributed by atoms with E-state index in [4.69, 9.17) is 23.2 Å². The molecule has 0 fully saturated rings. The lowest BCUT2D eigenvalue weighted by atomic mass is 10.3. The SMILES string of the molecule is O=C(CSc1ccccc1)NCC(=O)Nc1cc(Cl)ccc1Cl. The second-order valence-electron chi connectivity index (χ2n) is 4.55. The second kappa shape index (κ2) is 8.82. The quantitative estimate of drug-likeness (QED) is 0.761. The Morgan fingerprint density at radius 1 is 1.00 bits per heavy atom. The number of hydrogen-bond acceptors (Lipinski definition) is 3. The number of halogens is 2. The van der Waals surface area contributed by atoms with Crippen molar-refractivity contribution in [1.82, 2.24) is 5.32 Å². The minimum absolute atomic E-state index is 0.128. The maximum atomic E-state index is 11.8. The number of nitrogens with one attached hydrogen (secondary N) is 2. The van der Waals surface area contributed by atoms with Crippen LogP contribution in [0.3, 0.4) is 0 Å². The molecule has 0 bridgehead atoms. The lowest BCUT2D eigenvalue weighted by molar-refractivity contribution is -0.122. The molecule has 4 nitrogen and oxygen atoms in total. The van der Waals surface area contributed by atoms with Crippen LogP contribution in [0.15, 0.2) is 53.4 Å². The predicted molar refractivity (Wildman–Crippen MR) is 95.3 cm³/mol. The van der Waals surface area contributed by atoms with Gasteiger partial charge in [0.15, 0.2) is 0 Å². The molecular weight excluding hydrogens is 355 g/mol. The zero-order valence-electron chi connectivity index (χ0n) is 12.0. The molecule has 2 aromatic carbocycles. The van der Waals surface area contributed by atoms with Crippen molar-refractivity contribution in [2.24, 2.45) is 0 Å². The fraction of sp³-hybridized carbons (Fsp3) is 0.125. The van der Waals surface area contributed by atoms with Crippen LogP contribution in [0.5, 0.6) is 0 Å². The fourth-order valence-corrected chi connectivity index (χ4v) is 2.77. The van der Waals surface area contributed by atoms with E-state index in [2.05, 4.69) is 10.6 Å². The van der Waals surface area contributed by atoms with E-state index in [1.165, 1.54) is 11.8 Å². The van der Waals surface area contributed by atoms with E-state index >= 15 is 0 Å². The van der Waals surface area contributed by atoms with Gasteiger partial charge < -0.3 is 10.6 Å². The van der Waals surface area contributed by atoms with E-state index in [0.29, 0.717) is 15.7 Å². The van der Waals surface area contributed by atoms with Gasteiger partial charge in [-0.05, 0) is 30.3 Å². The first-order valence-corrected chi connectivity index (χ1v) is 8.48. The van der Waals surface area contributed by atoms with Crippen LogP contribution in [0.25, 0.3) is 0 Å². The molecule has 0 unspecified atom stereocenters. The smallest absolute Gasteiger partial charge is 0.243 e. The Morgan fingerprint density at radius 2 is 1.74 bits per heavy atom. The second-order valence-corrected chi connectivity index (χ2v) is 6.44. The molecule has 0 aliphatic carbocycles. The van der Waals surface area contributed by atoms with Crippen LogP contribution >= 0.6 is 35.0 Å². The molecule has 0 atom stereocenters. The van der Waals surface area contributed by atoms with Crippen molar-refractivity contribution >= 4 is 52.5 Å². The Kier molecular flexibility index (Phi) is 6.77. The van der Waals surface area contributed by atoms with E-state index in [1.807, 2.05) is 30.3 Å². The molecule has 120 valence electrons. The summed E-state index contributed by atoms with van der Waals surface area (Å²) in [6, 6.07) is 14.3. The summed E-state index contributed by atoms with van der Waals surface area (Å²) >= 11 is 13.2. The summed E-state index contributed by atoms with van der Waals surface area (Å²) in [6.45, 7) is -0.128. The number of thioether (sulfide) groups is 1. The van der Waals surface area contributed by atoms with Crippen molar-refractivity contribution in [3.8, 4) is 0 Å². The molecule has 2 N–H and O–H groups in total. The van der Waals surface area contributed by atoms with E-state index in [9.17, 15) is 9.59 Å². The normalized spacial score (nSPS) is 10.2. The third-order valence-electron chi connectivity index (χ3n) is 2.76. The van der Waals surface area contributed by atoms with Gasteiger partial charge in [0.2, 0.25) is 11.8 Å². The van der Waals surface area contributed by atoms with Gasteiger partial charge in [0.1, 0.15) is 0 Å². The van der Waals surface area contributed by atoms with Crippen LogP contribution < -0.4 is 10.6 Å². The van der Waals surface area contributed by atoms with Crippen molar-refractivity contribution < 1.29 is 9.59 Å². The third-order valence-corrected chi connectivity index (χ3v) is 4.34. The molecule has 0 spiro atoms. The molecule has 2 amide bonds. The van der Waals surface area contributed by atoms with Gasteiger partial charge in [-0.25, -0.2) is 0 Å². The average Bonchev–Trinajstić information content (AvgIpc) is 2.55. The summed E-state index contributed by atoms with van der Waals surface area (Å²) < 4.78 is 0. The maximum Gasteiger partial charge on any atom is 0.243 e. The summed E-state index contributed by atoms with van der Waals surface area (Å²) in [4.78, 5) is 24.6. The van der Waals surface area contributed by atoms with E-state index in [-0.39, 0.29) is 24.1 Å².